The average Bonchev–Trinajstić information content (AvgIpc) is 3.28. The van der Waals surface area contributed by atoms with Crippen molar-refractivity contribution in [2.24, 2.45) is 17.3 Å². The number of fused-ring (bicyclic) bond motifs is 2. The summed E-state index contributed by atoms with van der Waals surface area (Å²) in [6, 6.07) is 11.7. The molecular weight excluding hydrogens is 484 g/mol. The van der Waals surface area contributed by atoms with Gasteiger partial charge in [0.25, 0.3) is 0 Å². The van der Waals surface area contributed by atoms with E-state index in [1.165, 1.54) is 22.3 Å². The molecule has 2 aliphatic carbocycles. The first-order chi connectivity index (χ1) is 18.2. The molecule has 4 rings (SSSR count). The second kappa shape index (κ2) is 10.8. The van der Waals surface area contributed by atoms with Gasteiger partial charge >= 0.3 is 11.9 Å². The third kappa shape index (κ3) is 5.35. The highest BCUT2D eigenvalue weighted by Crippen LogP contribution is 2.57. The summed E-state index contributed by atoms with van der Waals surface area (Å²) in [6.45, 7) is 21.4. The van der Waals surface area contributed by atoms with Crippen molar-refractivity contribution in [2.75, 3.05) is 0 Å². The molecule has 0 aliphatic heterocycles. The number of allylic oxidation sites excluding steroid dienone is 2. The summed E-state index contributed by atoms with van der Waals surface area (Å²) in [5.74, 6) is 0.998. The van der Waals surface area contributed by atoms with E-state index in [-0.39, 0.29) is 17.3 Å². The fourth-order valence-corrected chi connectivity index (χ4v) is 6.27. The molecule has 0 aromatic heterocycles. The summed E-state index contributed by atoms with van der Waals surface area (Å²) >= 11 is 0. The Hall–Kier alpha value is -3.14. The second-order valence-corrected chi connectivity index (χ2v) is 13.0. The zero-order valence-electron chi connectivity index (χ0n) is 25.2. The van der Waals surface area contributed by atoms with Gasteiger partial charge in [-0.3, -0.25) is 0 Å². The number of hydrogen-bond donors (Lipinski definition) is 0. The van der Waals surface area contributed by atoms with Gasteiger partial charge in [0.05, 0.1) is 11.1 Å². The molecule has 208 valence electrons. The first-order valence-corrected chi connectivity index (χ1v) is 14.4. The average molecular weight is 529 g/mol. The van der Waals surface area contributed by atoms with Crippen molar-refractivity contribution in [3.63, 3.8) is 0 Å². The second-order valence-electron chi connectivity index (χ2n) is 13.0. The molecule has 0 spiro atoms. The van der Waals surface area contributed by atoms with E-state index in [0.29, 0.717) is 46.3 Å². The number of benzene rings is 2. The SMILES string of the molecule is CC(C)c1ccc(OC(=O)C2=C(C(=O)Oc3ccc(C(C)C)c(C(C)C)c3)C3C=CC2C3(C)C)cc1C(C)C. The van der Waals surface area contributed by atoms with Gasteiger partial charge in [-0.2, -0.15) is 0 Å². The lowest BCUT2D eigenvalue weighted by Crippen LogP contribution is -2.24. The number of carbonyl (C=O) groups excluding carboxylic acids is 2. The van der Waals surface area contributed by atoms with E-state index in [0.717, 1.165) is 0 Å². The Morgan fingerprint density at radius 1 is 0.590 bits per heavy atom. The van der Waals surface area contributed by atoms with E-state index in [1.807, 2.05) is 48.6 Å². The van der Waals surface area contributed by atoms with Crippen LogP contribution >= 0.6 is 0 Å². The molecule has 0 N–H and O–H groups in total. The Balaban J connectivity index is 1.67. The van der Waals surface area contributed by atoms with Crippen molar-refractivity contribution >= 4 is 11.9 Å². The summed E-state index contributed by atoms with van der Waals surface area (Å²) in [4.78, 5) is 27.4. The molecule has 0 saturated carbocycles. The summed E-state index contributed by atoms with van der Waals surface area (Å²) < 4.78 is 11.9. The van der Waals surface area contributed by atoms with Crippen LogP contribution in [0, 0.1) is 17.3 Å². The van der Waals surface area contributed by atoms with Crippen molar-refractivity contribution in [3.8, 4) is 11.5 Å². The minimum atomic E-state index is -0.475. The fourth-order valence-electron chi connectivity index (χ4n) is 6.27. The highest BCUT2D eigenvalue weighted by Gasteiger charge is 2.55. The van der Waals surface area contributed by atoms with E-state index in [2.05, 4.69) is 69.2 Å². The maximum atomic E-state index is 13.7. The first kappa shape index (κ1) is 28.9. The van der Waals surface area contributed by atoms with E-state index in [1.54, 1.807) is 0 Å². The van der Waals surface area contributed by atoms with Gasteiger partial charge in [0.1, 0.15) is 11.5 Å². The Morgan fingerprint density at radius 3 is 1.23 bits per heavy atom. The summed E-state index contributed by atoms with van der Waals surface area (Å²) in [6.07, 6.45) is 4.07. The van der Waals surface area contributed by atoms with Crippen molar-refractivity contribution in [1.82, 2.24) is 0 Å². The smallest absolute Gasteiger partial charge is 0.340 e. The number of carbonyl (C=O) groups is 2. The van der Waals surface area contributed by atoms with Crippen LogP contribution in [0.5, 0.6) is 11.5 Å². The van der Waals surface area contributed by atoms with Gasteiger partial charge in [-0.05, 0) is 75.6 Å². The van der Waals surface area contributed by atoms with Gasteiger partial charge in [0, 0.05) is 11.8 Å². The summed E-state index contributed by atoms with van der Waals surface area (Å²) in [5, 5.41) is 0. The van der Waals surface area contributed by atoms with Gasteiger partial charge in [0.2, 0.25) is 0 Å². The van der Waals surface area contributed by atoms with Gasteiger partial charge < -0.3 is 9.47 Å². The van der Waals surface area contributed by atoms with E-state index in [9.17, 15) is 9.59 Å². The molecule has 4 nitrogen and oxygen atoms in total. The molecule has 2 aliphatic rings. The molecule has 4 heteroatoms. The van der Waals surface area contributed by atoms with Crippen molar-refractivity contribution in [1.29, 1.82) is 0 Å². The zero-order valence-corrected chi connectivity index (χ0v) is 25.2. The molecule has 0 heterocycles. The van der Waals surface area contributed by atoms with Crippen LogP contribution < -0.4 is 9.47 Å². The molecule has 2 bridgehead atoms. The Kier molecular flexibility index (Phi) is 7.98. The topological polar surface area (TPSA) is 52.6 Å². The minimum Gasteiger partial charge on any atom is -0.423 e. The highest BCUT2D eigenvalue weighted by atomic mass is 16.5. The van der Waals surface area contributed by atoms with Crippen LogP contribution in [0.1, 0.15) is 115 Å². The maximum Gasteiger partial charge on any atom is 0.340 e. The van der Waals surface area contributed by atoms with Crippen LogP contribution in [0.3, 0.4) is 0 Å². The summed E-state index contributed by atoms with van der Waals surface area (Å²) in [7, 11) is 0. The van der Waals surface area contributed by atoms with Crippen molar-refractivity contribution < 1.29 is 19.1 Å². The first-order valence-electron chi connectivity index (χ1n) is 14.4. The standard InChI is InChI=1S/C35H44O4/c1-19(2)25-13-11-23(17-27(25)21(5)6)38-33(36)31-29-15-16-30(35(29,9)10)32(31)34(37)39-24-12-14-26(20(3)4)28(18-24)22(7)8/h11-22,29-30H,1-10H3. The molecule has 2 atom stereocenters. The lowest BCUT2D eigenvalue weighted by Gasteiger charge is -2.26. The third-order valence-electron chi connectivity index (χ3n) is 8.48. The third-order valence-corrected chi connectivity index (χ3v) is 8.48. The quantitative estimate of drug-likeness (QED) is 0.195. The Bertz CT molecular complexity index is 1240. The van der Waals surface area contributed by atoms with E-state index in [4.69, 9.17) is 9.47 Å². The number of rotatable bonds is 8. The van der Waals surface area contributed by atoms with Crippen LogP contribution in [0.15, 0.2) is 59.7 Å². The molecule has 2 aromatic carbocycles. The van der Waals surface area contributed by atoms with Gasteiger partial charge in [0.15, 0.2) is 0 Å². The predicted octanol–water partition coefficient (Wildman–Crippen LogP) is 8.83. The van der Waals surface area contributed by atoms with Crippen LogP contribution in [0.4, 0.5) is 0 Å². The van der Waals surface area contributed by atoms with E-state index < -0.39 is 11.9 Å². The van der Waals surface area contributed by atoms with Gasteiger partial charge in [-0.25, -0.2) is 9.59 Å². The van der Waals surface area contributed by atoms with E-state index >= 15 is 0 Å². The lowest BCUT2D eigenvalue weighted by atomic mass is 9.77. The molecule has 39 heavy (non-hydrogen) atoms. The number of hydrogen-bond acceptors (Lipinski definition) is 4. The number of esters is 2. The normalized spacial score (nSPS) is 19.6. The fraction of sp³-hybridized carbons (Fsp3) is 0.486. The summed E-state index contributed by atoms with van der Waals surface area (Å²) in [5.41, 5.74) is 5.37. The van der Waals surface area contributed by atoms with Crippen molar-refractivity contribution in [2.45, 2.75) is 92.9 Å². The zero-order chi connectivity index (χ0) is 28.8. The lowest BCUT2D eigenvalue weighted by molar-refractivity contribution is -0.133. The molecular formula is C35H44O4. The maximum absolute atomic E-state index is 13.7. The highest BCUT2D eigenvalue weighted by molar-refractivity contribution is 6.05. The van der Waals surface area contributed by atoms with Gasteiger partial charge in [-0.15, -0.1) is 0 Å². The van der Waals surface area contributed by atoms with Crippen molar-refractivity contribution in [3.05, 3.63) is 82.0 Å². The van der Waals surface area contributed by atoms with Crippen LogP contribution in [0.25, 0.3) is 0 Å². The molecule has 0 fully saturated rings. The van der Waals surface area contributed by atoms with Crippen LogP contribution in [-0.4, -0.2) is 11.9 Å². The largest absolute Gasteiger partial charge is 0.423 e. The predicted molar refractivity (Wildman–Crippen MR) is 157 cm³/mol. The molecule has 2 unspecified atom stereocenters. The molecule has 0 radical (unpaired) electrons. The molecule has 0 amide bonds. The Labute approximate surface area is 234 Å². The number of ether oxygens (including phenoxy) is 2. The Morgan fingerprint density at radius 2 is 0.923 bits per heavy atom. The van der Waals surface area contributed by atoms with Crippen LogP contribution in [0.2, 0.25) is 0 Å². The van der Waals surface area contributed by atoms with Gasteiger partial charge in [-0.1, -0.05) is 93.5 Å². The monoisotopic (exact) mass is 528 g/mol. The van der Waals surface area contributed by atoms with Crippen LogP contribution in [-0.2, 0) is 9.59 Å². The molecule has 0 saturated heterocycles. The molecule has 2 aromatic rings. The minimum absolute atomic E-state index is 0.202.